The van der Waals surface area contributed by atoms with Crippen molar-refractivity contribution in [1.82, 2.24) is 4.90 Å². The first-order valence-electron chi connectivity index (χ1n) is 8.18. The summed E-state index contributed by atoms with van der Waals surface area (Å²) in [6.45, 7) is 7.54. The maximum atomic E-state index is 12.6. The molecule has 2 fully saturated rings. The molecule has 5 heteroatoms. The third kappa shape index (κ3) is 3.84. The fraction of sp³-hybridized carbons (Fsp3) is 0.688. The van der Waals surface area contributed by atoms with Crippen LogP contribution in [0.15, 0.2) is 17.5 Å². The zero-order valence-corrected chi connectivity index (χ0v) is 13.8. The number of nitrogens with one attached hydrogen (secondary N) is 2. The molecule has 0 aliphatic carbocycles. The van der Waals surface area contributed by atoms with E-state index in [0.29, 0.717) is 5.91 Å². The average molecular weight is 309 g/mol. The van der Waals surface area contributed by atoms with Gasteiger partial charge in [-0.25, -0.2) is 0 Å². The van der Waals surface area contributed by atoms with Crippen molar-refractivity contribution in [1.29, 1.82) is 0 Å². The maximum absolute atomic E-state index is 12.6. The van der Waals surface area contributed by atoms with Crippen molar-refractivity contribution in [3.05, 3.63) is 22.4 Å². The van der Waals surface area contributed by atoms with Gasteiger partial charge in [0.1, 0.15) is 6.54 Å². The highest BCUT2D eigenvalue weighted by atomic mass is 32.1. The van der Waals surface area contributed by atoms with Crippen LogP contribution in [0.2, 0.25) is 0 Å². The Hall–Kier alpha value is -0.910. The molecule has 0 aromatic carbocycles. The van der Waals surface area contributed by atoms with Crippen LogP contribution in [0, 0.1) is 5.92 Å². The molecule has 2 saturated heterocycles. The molecule has 1 aromatic rings. The molecular formula is C16H27N3OS+2. The van der Waals surface area contributed by atoms with E-state index in [1.165, 1.54) is 4.88 Å². The van der Waals surface area contributed by atoms with Crippen molar-refractivity contribution < 1.29 is 14.6 Å². The predicted molar refractivity (Wildman–Crippen MR) is 84.6 cm³/mol. The van der Waals surface area contributed by atoms with Gasteiger partial charge in [0.25, 0.3) is 0 Å². The van der Waals surface area contributed by atoms with Crippen molar-refractivity contribution in [3.8, 4) is 0 Å². The fourth-order valence-electron chi connectivity index (χ4n) is 3.48. The lowest BCUT2D eigenvalue weighted by Gasteiger charge is -2.35. The summed E-state index contributed by atoms with van der Waals surface area (Å²) in [6, 6.07) is 4.35. The highest BCUT2D eigenvalue weighted by molar-refractivity contribution is 7.09. The van der Waals surface area contributed by atoms with Crippen LogP contribution in [0.25, 0.3) is 0 Å². The second-order valence-electron chi connectivity index (χ2n) is 6.56. The number of quaternary nitrogens is 2. The van der Waals surface area contributed by atoms with Gasteiger partial charge in [-0.05, 0) is 11.4 Å². The highest BCUT2D eigenvalue weighted by Gasteiger charge is 2.32. The Bertz CT molecular complexity index is 446. The fourth-order valence-corrected chi connectivity index (χ4v) is 4.25. The van der Waals surface area contributed by atoms with E-state index in [-0.39, 0.29) is 5.92 Å². The predicted octanol–water partition coefficient (Wildman–Crippen LogP) is -1.10. The summed E-state index contributed by atoms with van der Waals surface area (Å²) in [5, 5.41) is 2.15. The summed E-state index contributed by atoms with van der Waals surface area (Å²) in [7, 11) is 2.22. The molecule has 116 valence electrons. The van der Waals surface area contributed by atoms with Crippen molar-refractivity contribution >= 4 is 17.2 Å². The van der Waals surface area contributed by atoms with Gasteiger partial charge in [0, 0.05) is 18.8 Å². The topological polar surface area (TPSA) is 29.2 Å². The van der Waals surface area contributed by atoms with Gasteiger partial charge >= 0.3 is 0 Å². The quantitative estimate of drug-likeness (QED) is 0.729. The van der Waals surface area contributed by atoms with Crippen LogP contribution in [0.5, 0.6) is 0 Å². The molecule has 0 saturated carbocycles. The van der Waals surface area contributed by atoms with E-state index < -0.39 is 0 Å². The molecule has 0 spiro atoms. The number of piperazine rings is 1. The first kappa shape index (κ1) is 15.0. The van der Waals surface area contributed by atoms with Crippen LogP contribution in [-0.2, 0) is 11.3 Å². The smallest absolute Gasteiger partial charge is 0.226 e. The van der Waals surface area contributed by atoms with E-state index in [1.54, 1.807) is 9.80 Å². The van der Waals surface area contributed by atoms with Gasteiger partial charge < -0.3 is 14.7 Å². The van der Waals surface area contributed by atoms with Crippen LogP contribution in [-0.4, -0.2) is 57.1 Å². The number of hydrogen-bond donors (Lipinski definition) is 2. The number of piperidine rings is 1. The van der Waals surface area contributed by atoms with Crippen molar-refractivity contribution in [2.24, 2.45) is 5.92 Å². The second-order valence-corrected chi connectivity index (χ2v) is 7.60. The second kappa shape index (κ2) is 6.90. The lowest BCUT2D eigenvalue weighted by Crippen LogP contribution is -3.12. The molecule has 0 unspecified atom stereocenters. The molecule has 1 aromatic heterocycles. The van der Waals surface area contributed by atoms with Crippen molar-refractivity contribution in [3.63, 3.8) is 0 Å². The molecule has 2 aliphatic heterocycles. The SMILES string of the molecule is C[NH+]1CCN(C(=O)C2CC[NH+](Cc3cccs3)CC2)CC1. The molecule has 3 heterocycles. The summed E-state index contributed by atoms with van der Waals surface area (Å²) >= 11 is 1.85. The highest BCUT2D eigenvalue weighted by Crippen LogP contribution is 2.14. The van der Waals surface area contributed by atoms with Gasteiger partial charge in [-0.15, -0.1) is 11.3 Å². The average Bonchev–Trinajstić information content (AvgIpc) is 3.01. The molecule has 21 heavy (non-hydrogen) atoms. The molecular weight excluding hydrogens is 282 g/mol. The Kier molecular flexibility index (Phi) is 4.93. The van der Waals surface area contributed by atoms with Gasteiger partial charge in [0.15, 0.2) is 0 Å². The van der Waals surface area contributed by atoms with Crippen molar-refractivity contribution in [2.45, 2.75) is 19.4 Å². The molecule has 2 aliphatic rings. The third-order valence-electron chi connectivity index (χ3n) is 4.97. The zero-order valence-electron chi connectivity index (χ0n) is 12.9. The molecule has 2 N–H and O–H groups in total. The lowest BCUT2D eigenvalue weighted by molar-refractivity contribution is -0.919. The van der Waals surface area contributed by atoms with Crippen LogP contribution in [0.3, 0.4) is 0 Å². The van der Waals surface area contributed by atoms with Crippen LogP contribution >= 0.6 is 11.3 Å². The summed E-state index contributed by atoms with van der Waals surface area (Å²) in [5.74, 6) is 0.716. The first-order valence-corrected chi connectivity index (χ1v) is 9.06. The summed E-state index contributed by atoms with van der Waals surface area (Å²) in [4.78, 5) is 19.4. The van der Waals surface area contributed by atoms with E-state index in [2.05, 4.69) is 29.5 Å². The van der Waals surface area contributed by atoms with Crippen LogP contribution < -0.4 is 9.80 Å². The lowest BCUT2D eigenvalue weighted by atomic mass is 9.95. The monoisotopic (exact) mass is 309 g/mol. The number of hydrogen-bond acceptors (Lipinski definition) is 2. The molecule has 4 nitrogen and oxygen atoms in total. The number of carbonyl (C=O) groups excluding carboxylic acids is 1. The molecule has 0 radical (unpaired) electrons. The Labute approximate surface area is 131 Å². The standard InChI is InChI=1S/C16H25N3OS/c1-17-8-10-19(11-9-17)16(20)14-4-6-18(7-5-14)13-15-3-2-12-21-15/h2-3,12,14H,4-11,13H2,1H3/p+2. The number of nitrogens with zero attached hydrogens (tertiary/aromatic N) is 1. The Morgan fingerprint density at radius 2 is 2.00 bits per heavy atom. The number of thiophene rings is 1. The minimum atomic E-state index is 0.287. The molecule has 0 atom stereocenters. The Balaban J connectivity index is 1.45. The summed E-state index contributed by atoms with van der Waals surface area (Å²) < 4.78 is 0. The minimum absolute atomic E-state index is 0.287. The molecule has 3 rings (SSSR count). The normalized spacial score (nSPS) is 27.8. The van der Waals surface area contributed by atoms with Gasteiger partial charge in [-0.3, -0.25) is 4.79 Å². The van der Waals surface area contributed by atoms with E-state index in [0.717, 1.165) is 58.7 Å². The zero-order chi connectivity index (χ0) is 14.7. The largest absolute Gasteiger partial charge is 0.334 e. The molecule has 0 bridgehead atoms. The van der Waals surface area contributed by atoms with Crippen LogP contribution in [0.1, 0.15) is 17.7 Å². The number of amides is 1. The number of likely N-dealkylation sites (N-methyl/N-ethyl adjacent to an activating group) is 1. The van der Waals surface area contributed by atoms with E-state index in [9.17, 15) is 4.79 Å². The van der Waals surface area contributed by atoms with Gasteiger partial charge in [-0.2, -0.15) is 0 Å². The van der Waals surface area contributed by atoms with E-state index in [1.807, 2.05) is 11.3 Å². The van der Waals surface area contributed by atoms with Gasteiger partial charge in [-0.1, -0.05) is 6.07 Å². The Morgan fingerprint density at radius 3 is 2.62 bits per heavy atom. The number of carbonyl (C=O) groups is 1. The summed E-state index contributed by atoms with van der Waals surface area (Å²) in [6.07, 6.45) is 2.14. The van der Waals surface area contributed by atoms with Gasteiger partial charge in [0.05, 0.1) is 51.2 Å². The van der Waals surface area contributed by atoms with Crippen molar-refractivity contribution in [2.75, 3.05) is 46.3 Å². The minimum Gasteiger partial charge on any atom is -0.334 e. The first-order chi connectivity index (χ1) is 10.2. The van der Waals surface area contributed by atoms with Gasteiger partial charge in [0.2, 0.25) is 5.91 Å². The number of rotatable bonds is 3. The maximum Gasteiger partial charge on any atom is 0.226 e. The Morgan fingerprint density at radius 1 is 1.29 bits per heavy atom. The summed E-state index contributed by atoms with van der Waals surface area (Å²) in [5.41, 5.74) is 0. The van der Waals surface area contributed by atoms with Crippen LogP contribution in [0.4, 0.5) is 0 Å². The number of likely N-dealkylation sites (tertiary alicyclic amines) is 1. The third-order valence-corrected chi connectivity index (χ3v) is 5.85. The molecule has 1 amide bonds. The van der Waals surface area contributed by atoms with E-state index >= 15 is 0 Å². The van der Waals surface area contributed by atoms with E-state index in [4.69, 9.17) is 0 Å².